The van der Waals surface area contributed by atoms with Crippen LogP contribution in [-0.2, 0) is 0 Å². The molecule has 0 amide bonds. The van der Waals surface area contributed by atoms with Crippen LogP contribution in [0.25, 0.3) is 6.08 Å². The molecule has 0 radical (unpaired) electrons. The Bertz CT molecular complexity index is 658. The van der Waals surface area contributed by atoms with Gasteiger partial charge in [-0.3, -0.25) is 15.1 Å². The number of benzene rings is 2. The summed E-state index contributed by atoms with van der Waals surface area (Å²) in [4.78, 5) is 14.4. The van der Waals surface area contributed by atoms with Gasteiger partial charge < -0.3 is 0 Å². The third-order valence-electron chi connectivity index (χ3n) is 2.70. The summed E-state index contributed by atoms with van der Waals surface area (Å²) in [7, 11) is 0. The van der Waals surface area contributed by atoms with Crippen molar-refractivity contribution in [2.24, 2.45) is 4.99 Å². The van der Waals surface area contributed by atoms with Crippen LogP contribution >= 0.6 is 0 Å². The first-order valence-electron chi connectivity index (χ1n) is 6.17. The van der Waals surface area contributed by atoms with E-state index in [4.69, 9.17) is 0 Å². The summed E-state index contributed by atoms with van der Waals surface area (Å²) in [6, 6.07) is 14.3. The van der Waals surface area contributed by atoms with Crippen LogP contribution < -0.4 is 0 Å². The van der Waals surface area contributed by atoms with E-state index in [0.717, 1.165) is 11.3 Å². The molecule has 0 aromatic heterocycles. The Balaban J connectivity index is 2.01. The second-order valence-corrected chi connectivity index (χ2v) is 4.32. The second-order valence-electron chi connectivity index (χ2n) is 4.32. The number of allylic oxidation sites excluding steroid dienone is 1. The molecule has 2 aromatic carbocycles. The number of hydrogen-bond acceptors (Lipinski definition) is 3. The quantitative estimate of drug-likeness (QED) is 0.470. The summed E-state index contributed by atoms with van der Waals surface area (Å²) in [5, 5.41) is 10.5. The summed E-state index contributed by atoms with van der Waals surface area (Å²) in [6.45, 7) is 2.02. The smallest absolute Gasteiger partial charge is 0.258 e. The highest BCUT2D eigenvalue weighted by Gasteiger charge is 2.01. The Morgan fingerprint density at radius 3 is 2.55 bits per heavy atom. The number of non-ortho nitro benzene ring substituents is 1. The predicted molar refractivity (Wildman–Crippen MR) is 81.5 cm³/mol. The van der Waals surface area contributed by atoms with Crippen molar-refractivity contribution >= 4 is 23.7 Å². The average molecular weight is 266 g/mol. The minimum Gasteiger partial charge on any atom is -0.258 e. The molecule has 0 spiro atoms. The van der Waals surface area contributed by atoms with Crippen LogP contribution in [0.5, 0.6) is 0 Å². The topological polar surface area (TPSA) is 55.5 Å². The summed E-state index contributed by atoms with van der Waals surface area (Å²) < 4.78 is 0. The van der Waals surface area contributed by atoms with Crippen molar-refractivity contribution in [2.75, 3.05) is 0 Å². The Kier molecular flexibility index (Phi) is 4.39. The highest BCUT2D eigenvalue weighted by atomic mass is 16.6. The molecule has 0 bridgehead atoms. The molecule has 0 fully saturated rings. The van der Waals surface area contributed by atoms with E-state index in [0.29, 0.717) is 0 Å². The minimum absolute atomic E-state index is 0.0931. The maximum Gasteiger partial charge on any atom is 0.269 e. The van der Waals surface area contributed by atoms with Crippen LogP contribution in [-0.4, -0.2) is 11.1 Å². The Morgan fingerprint density at radius 1 is 1.15 bits per heavy atom. The normalized spacial score (nSPS) is 11.2. The number of hydrogen-bond donors (Lipinski definition) is 0. The van der Waals surface area contributed by atoms with E-state index in [1.165, 1.54) is 17.7 Å². The molecule has 2 rings (SSSR count). The number of aryl methyl sites for hydroxylation is 1. The van der Waals surface area contributed by atoms with Gasteiger partial charge in [0.1, 0.15) is 0 Å². The van der Waals surface area contributed by atoms with Gasteiger partial charge in [-0.1, -0.05) is 18.2 Å². The van der Waals surface area contributed by atoms with Crippen LogP contribution in [0, 0.1) is 17.0 Å². The molecule has 0 N–H and O–H groups in total. The zero-order chi connectivity index (χ0) is 14.4. The van der Waals surface area contributed by atoms with Crippen molar-refractivity contribution in [3.8, 4) is 0 Å². The van der Waals surface area contributed by atoms with Gasteiger partial charge in [-0.2, -0.15) is 0 Å². The lowest BCUT2D eigenvalue weighted by atomic mass is 10.2. The van der Waals surface area contributed by atoms with Crippen molar-refractivity contribution in [1.82, 2.24) is 0 Å². The first-order valence-corrected chi connectivity index (χ1v) is 6.17. The monoisotopic (exact) mass is 266 g/mol. The lowest BCUT2D eigenvalue weighted by Gasteiger charge is -1.94. The minimum atomic E-state index is -0.410. The van der Waals surface area contributed by atoms with E-state index < -0.39 is 4.92 Å². The van der Waals surface area contributed by atoms with Gasteiger partial charge in [0.2, 0.25) is 0 Å². The van der Waals surface area contributed by atoms with E-state index in [2.05, 4.69) is 4.99 Å². The third-order valence-corrected chi connectivity index (χ3v) is 2.70. The summed E-state index contributed by atoms with van der Waals surface area (Å²) in [6.07, 6.45) is 5.36. The first-order chi connectivity index (χ1) is 9.65. The lowest BCUT2D eigenvalue weighted by Crippen LogP contribution is -1.86. The van der Waals surface area contributed by atoms with Crippen molar-refractivity contribution in [2.45, 2.75) is 6.92 Å². The Morgan fingerprint density at radius 2 is 1.90 bits per heavy atom. The molecule has 0 aliphatic rings. The summed E-state index contributed by atoms with van der Waals surface area (Å²) in [5.74, 6) is 0. The van der Waals surface area contributed by atoms with Gasteiger partial charge in [0.25, 0.3) is 5.69 Å². The molecular formula is C16H14N2O2. The van der Waals surface area contributed by atoms with Crippen molar-refractivity contribution in [1.29, 1.82) is 0 Å². The van der Waals surface area contributed by atoms with E-state index >= 15 is 0 Å². The number of nitro groups is 1. The van der Waals surface area contributed by atoms with Crippen LogP contribution in [0.3, 0.4) is 0 Å². The molecule has 0 atom stereocenters. The SMILES string of the molecule is Cc1cccc(N=CC=Cc2ccc([N+](=O)[O-])cc2)c1. The number of nitro benzene ring substituents is 1. The number of aliphatic imine (C=N–C) groups is 1. The Hall–Kier alpha value is -2.75. The first kappa shape index (κ1) is 13.7. The molecule has 0 heterocycles. The standard InChI is InChI=1S/C16H14N2O2/c1-13-4-2-6-15(12-13)17-11-3-5-14-7-9-16(10-8-14)18(19)20/h2-12H,1H3. The molecule has 2 aromatic rings. The molecule has 100 valence electrons. The van der Waals surface area contributed by atoms with Gasteiger partial charge in [-0.15, -0.1) is 0 Å². The van der Waals surface area contributed by atoms with Gasteiger partial charge in [0.15, 0.2) is 0 Å². The van der Waals surface area contributed by atoms with Crippen molar-refractivity contribution in [3.63, 3.8) is 0 Å². The predicted octanol–water partition coefficient (Wildman–Crippen LogP) is 4.32. The average Bonchev–Trinajstić information content (AvgIpc) is 2.44. The van der Waals surface area contributed by atoms with E-state index in [1.807, 2.05) is 43.3 Å². The van der Waals surface area contributed by atoms with Gasteiger partial charge >= 0.3 is 0 Å². The fraction of sp³-hybridized carbons (Fsp3) is 0.0625. The zero-order valence-electron chi connectivity index (χ0n) is 11.1. The molecule has 0 unspecified atom stereocenters. The van der Waals surface area contributed by atoms with Gasteiger partial charge in [-0.05, 0) is 48.4 Å². The van der Waals surface area contributed by atoms with E-state index in [9.17, 15) is 10.1 Å². The maximum absolute atomic E-state index is 10.5. The lowest BCUT2D eigenvalue weighted by molar-refractivity contribution is -0.384. The van der Waals surface area contributed by atoms with E-state index in [1.54, 1.807) is 18.3 Å². The molecule has 0 saturated carbocycles. The van der Waals surface area contributed by atoms with Gasteiger partial charge in [0.05, 0.1) is 10.6 Å². The molecular weight excluding hydrogens is 252 g/mol. The summed E-state index contributed by atoms with van der Waals surface area (Å²) >= 11 is 0. The molecule has 4 heteroatoms. The fourth-order valence-corrected chi connectivity index (χ4v) is 1.70. The Labute approximate surface area is 117 Å². The maximum atomic E-state index is 10.5. The van der Waals surface area contributed by atoms with Crippen molar-refractivity contribution in [3.05, 3.63) is 75.8 Å². The van der Waals surface area contributed by atoms with Gasteiger partial charge in [-0.25, -0.2) is 0 Å². The van der Waals surface area contributed by atoms with Gasteiger partial charge in [0, 0.05) is 18.3 Å². The van der Waals surface area contributed by atoms with E-state index in [-0.39, 0.29) is 5.69 Å². The number of nitrogens with zero attached hydrogens (tertiary/aromatic N) is 2. The van der Waals surface area contributed by atoms with Crippen LogP contribution in [0.1, 0.15) is 11.1 Å². The van der Waals surface area contributed by atoms with Crippen LogP contribution in [0.2, 0.25) is 0 Å². The second kappa shape index (κ2) is 6.43. The fourth-order valence-electron chi connectivity index (χ4n) is 1.70. The van der Waals surface area contributed by atoms with Crippen LogP contribution in [0.4, 0.5) is 11.4 Å². The molecule has 20 heavy (non-hydrogen) atoms. The molecule has 0 aliphatic carbocycles. The van der Waals surface area contributed by atoms with Crippen LogP contribution in [0.15, 0.2) is 59.6 Å². The third kappa shape index (κ3) is 3.88. The summed E-state index contributed by atoms with van der Waals surface area (Å²) in [5.41, 5.74) is 3.05. The zero-order valence-corrected chi connectivity index (χ0v) is 11.1. The highest BCUT2D eigenvalue weighted by Crippen LogP contribution is 2.14. The largest absolute Gasteiger partial charge is 0.269 e. The molecule has 0 saturated heterocycles. The van der Waals surface area contributed by atoms with Crippen molar-refractivity contribution < 1.29 is 4.92 Å². The molecule has 0 aliphatic heterocycles. The number of rotatable bonds is 4. The highest BCUT2D eigenvalue weighted by molar-refractivity contribution is 5.80. The molecule has 4 nitrogen and oxygen atoms in total.